The van der Waals surface area contributed by atoms with Crippen LogP contribution in [-0.4, -0.2) is 43.5 Å². The van der Waals surface area contributed by atoms with Crippen LogP contribution in [-0.2, 0) is 4.74 Å². The van der Waals surface area contributed by atoms with Crippen LogP contribution in [0.4, 0.5) is 0 Å². The number of ether oxygens (including phenoxy) is 1. The van der Waals surface area contributed by atoms with Crippen molar-refractivity contribution in [2.45, 2.75) is 5.92 Å². The van der Waals surface area contributed by atoms with E-state index in [1.165, 1.54) is 0 Å². The molecular formula is C19H20BrNO2. The van der Waals surface area contributed by atoms with Gasteiger partial charge in [0.05, 0.1) is 19.1 Å². The first kappa shape index (κ1) is 16.4. The number of rotatable bonds is 5. The van der Waals surface area contributed by atoms with Crippen LogP contribution in [0, 0.1) is 0 Å². The van der Waals surface area contributed by atoms with Gasteiger partial charge in [0.15, 0.2) is 5.78 Å². The molecule has 0 unspecified atom stereocenters. The Morgan fingerprint density at radius 1 is 1.04 bits per heavy atom. The maximum atomic E-state index is 13.1. The Hall–Kier alpha value is -1.49. The summed E-state index contributed by atoms with van der Waals surface area (Å²) in [6, 6.07) is 17.7. The predicted molar refractivity (Wildman–Crippen MR) is 94.9 cm³/mol. The molecule has 0 amide bonds. The highest BCUT2D eigenvalue weighted by Gasteiger charge is 2.25. The molecule has 2 aromatic rings. The molecule has 0 saturated carbocycles. The Balaban J connectivity index is 1.84. The van der Waals surface area contributed by atoms with Crippen LogP contribution in [0.3, 0.4) is 0 Å². The summed E-state index contributed by atoms with van der Waals surface area (Å²) in [4.78, 5) is 15.4. The summed E-state index contributed by atoms with van der Waals surface area (Å²) in [5.41, 5.74) is 1.84. The van der Waals surface area contributed by atoms with Crippen molar-refractivity contribution >= 4 is 21.7 Å². The monoisotopic (exact) mass is 373 g/mol. The number of morpholine rings is 1. The zero-order valence-electron chi connectivity index (χ0n) is 13.0. The highest BCUT2D eigenvalue weighted by Crippen LogP contribution is 2.24. The fourth-order valence-corrected chi connectivity index (χ4v) is 3.15. The average molecular weight is 374 g/mol. The van der Waals surface area contributed by atoms with E-state index in [1.54, 1.807) is 0 Å². The van der Waals surface area contributed by atoms with Gasteiger partial charge in [0.25, 0.3) is 0 Å². The van der Waals surface area contributed by atoms with E-state index in [1.807, 2.05) is 54.6 Å². The molecule has 0 bridgehead atoms. The van der Waals surface area contributed by atoms with Gasteiger partial charge in [-0.1, -0.05) is 58.4 Å². The zero-order chi connectivity index (χ0) is 16.1. The third-order valence-corrected chi connectivity index (χ3v) is 4.72. The van der Waals surface area contributed by atoms with Gasteiger partial charge in [0, 0.05) is 29.7 Å². The number of hydrogen-bond acceptors (Lipinski definition) is 3. The van der Waals surface area contributed by atoms with Crippen molar-refractivity contribution in [3.05, 3.63) is 70.2 Å². The fourth-order valence-electron chi connectivity index (χ4n) is 2.88. The summed E-state index contributed by atoms with van der Waals surface area (Å²) in [5, 5.41) is 0. The van der Waals surface area contributed by atoms with Gasteiger partial charge in [-0.3, -0.25) is 9.69 Å². The van der Waals surface area contributed by atoms with Gasteiger partial charge in [-0.2, -0.15) is 0 Å². The average Bonchev–Trinajstić information content (AvgIpc) is 2.61. The molecule has 0 aliphatic carbocycles. The summed E-state index contributed by atoms with van der Waals surface area (Å²) < 4.78 is 6.40. The summed E-state index contributed by atoms with van der Waals surface area (Å²) >= 11 is 3.42. The number of ketones is 1. The summed E-state index contributed by atoms with van der Waals surface area (Å²) in [6.45, 7) is 4.00. The molecule has 1 heterocycles. The van der Waals surface area contributed by atoms with Crippen LogP contribution in [0.5, 0.6) is 0 Å². The minimum Gasteiger partial charge on any atom is -0.379 e. The van der Waals surface area contributed by atoms with E-state index in [4.69, 9.17) is 4.74 Å². The quantitative estimate of drug-likeness (QED) is 0.747. The van der Waals surface area contributed by atoms with Crippen molar-refractivity contribution in [2.24, 2.45) is 0 Å². The Bertz CT molecular complexity index is 636. The van der Waals surface area contributed by atoms with Crippen molar-refractivity contribution in [1.82, 2.24) is 4.90 Å². The summed E-state index contributed by atoms with van der Waals surface area (Å²) in [7, 11) is 0. The Morgan fingerprint density at radius 2 is 1.70 bits per heavy atom. The molecule has 2 aromatic carbocycles. The topological polar surface area (TPSA) is 29.5 Å². The molecule has 3 nitrogen and oxygen atoms in total. The molecule has 0 radical (unpaired) electrons. The first-order valence-corrected chi connectivity index (χ1v) is 8.68. The first-order valence-electron chi connectivity index (χ1n) is 7.89. The van der Waals surface area contributed by atoms with Gasteiger partial charge in [-0.15, -0.1) is 0 Å². The normalized spacial score (nSPS) is 16.9. The van der Waals surface area contributed by atoms with Crippen LogP contribution >= 0.6 is 15.9 Å². The smallest absolute Gasteiger partial charge is 0.171 e. The molecule has 1 fully saturated rings. The first-order chi connectivity index (χ1) is 11.2. The van der Waals surface area contributed by atoms with Gasteiger partial charge < -0.3 is 4.74 Å². The second-order valence-electron chi connectivity index (χ2n) is 5.75. The summed E-state index contributed by atoms with van der Waals surface area (Å²) in [5.74, 6) is 0.0330. The molecule has 1 aliphatic rings. The molecule has 1 aliphatic heterocycles. The Labute approximate surface area is 145 Å². The minimum atomic E-state index is -0.143. The molecule has 3 rings (SSSR count). The number of benzene rings is 2. The molecule has 0 aromatic heterocycles. The minimum absolute atomic E-state index is 0.143. The lowest BCUT2D eigenvalue weighted by Crippen LogP contribution is -2.40. The molecule has 1 saturated heterocycles. The summed E-state index contributed by atoms with van der Waals surface area (Å²) in [6.07, 6.45) is 0. The van der Waals surface area contributed by atoms with Gasteiger partial charge in [-0.05, 0) is 17.7 Å². The van der Waals surface area contributed by atoms with E-state index in [0.29, 0.717) is 0 Å². The van der Waals surface area contributed by atoms with E-state index in [-0.39, 0.29) is 11.7 Å². The molecule has 120 valence electrons. The van der Waals surface area contributed by atoms with Crippen molar-refractivity contribution in [2.75, 3.05) is 32.8 Å². The van der Waals surface area contributed by atoms with Gasteiger partial charge in [0.1, 0.15) is 0 Å². The van der Waals surface area contributed by atoms with E-state index < -0.39 is 0 Å². The molecule has 0 spiro atoms. The standard InChI is InChI=1S/C19H20BrNO2/c20-17-8-6-16(7-9-17)19(22)18(15-4-2-1-3-5-15)14-21-10-12-23-13-11-21/h1-9,18H,10-14H2/t18-/m0/s1. The number of carbonyl (C=O) groups is 1. The molecule has 23 heavy (non-hydrogen) atoms. The van der Waals surface area contributed by atoms with Crippen LogP contribution in [0.1, 0.15) is 21.8 Å². The Kier molecular flexibility index (Phi) is 5.60. The van der Waals surface area contributed by atoms with E-state index in [9.17, 15) is 4.79 Å². The number of carbonyl (C=O) groups excluding carboxylic acids is 1. The largest absolute Gasteiger partial charge is 0.379 e. The van der Waals surface area contributed by atoms with E-state index in [2.05, 4.69) is 20.8 Å². The Morgan fingerprint density at radius 3 is 2.35 bits per heavy atom. The number of Topliss-reactive ketones (excluding diaryl/α,β-unsaturated/α-hetero) is 1. The highest BCUT2D eigenvalue weighted by molar-refractivity contribution is 9.10. The third kappa shape index (κ3) is 4.28. The fraction of sp³-hybridized carbons (Fsp3) is 0.316. The van der Waals surface area contributed by atoms with Gasteiger partial charge >= 0.3 is 0 Å². The molecule has 4 heteroatoms. The number of nitrogens with zero attached hydrogens (tertiary/aromatic N) is 1. The van der Waals surface area contributed by atoms with Gasteiger partial charge in [-0.25, -0.2) is 0 Å². The van der Waals surface area contributed by atoms with Crippen LogP contribution in [0.15, 0.2) is 59.1 Å². The molecule has 0 N–H and O–H groups in total. The van der Waals surface area contributed by atoms with Crippen LogP contribution in [0.2, 0.25) is 0 Å². The molecule has 1 atom stereocenters. The SMILES string of the molecule is O=C(c1ccc(Br)cc1)[C@@H](CN1CCOCC1)c1ccccc1. The van der Waals surface area contributed by atoms with Crippen LogP contribution in [0.25, 0.3) is 0 Å². The van der Waals surface area contributed by atoms with E-state index in [0.717, 1.165) is 48.4 Å². The van der Waals surface area contributed by atoms with E-state index >= 15 is 0 Å². The number of hydrogen-bond donors (Lipinski definition) is 0. The second-order valence-corrected chi connectivity index (χ2v) is 6.66. The lowest BCUT2D eigenvalue weighted by atomic mass is 9.90. The van der Waals surface area contributed by atoms with Crippen molar-refractivity contribution in [3.8, 4) is 0 Å². The number of halogens is 1. The maximum Gasteiger partial charge on any atom is 0.171 e. The second kappa shape index (κ2) is 7.86. The van der Waals surface area contributed by atoms with Crippen molar-refractivity contribution in [1.29, 1.82) is 0 Å². The maximum absolute atomic E-state index is 13.1. The van der Waals surface area contributed by atoms with Gasteiger partial charge in [0.2, 0.25) is 0 Å². The van der Waals surface area contributed by atoms with Crippen LogP contribution < -0.4 is 0 Å². The highest BCUT2D eigenvalue weighted by atomic mass is 79.9. The zero-order valence-corrected chi connectivity index (χ0v) is 14.5. The molecular weight excluding hydrogens is 354 g/mol. The lowest BCUT2D eigenvalue weighted by Gasteiger charge is -2.30. The third-order valence-electron chi connectivity index (χ3n) is 4.19. The van der Waals surface area contributed by atoms with Crippen molar-refractivity contribution in [3.63, 3.8) is 0 Å². The van der Waals surface area contributed by atoms with Crippen molar-refractivity contribution < 1.29 is 9.53 Å². The lowest BCUT2D eigenvalue weighted by molar-refractivity contribution is 0.0345. The predicted octanol–water partition coefficient (Wildman–Crippen LogP) is 3.75.